The average molecular weight is 313 g/mol. The molecule has 0 radical (unpaired) electrons. The van der Waals surface area contributed by atoms with Gasteiger partial charge in [-0.25, -0.2) is 9.97 Å². The van der Waals surface area contributed by atoms with Gasteiger partial charge in [0.15, 0.2) is 0 Å². The van der Waals surface area contributed by atoms with Crippen molar-refractivity contribution in [3.8, 4) is 0 Å². The predicted molar refractivity (Wildman–Crippen MR) is 86.3 cm³/mol. The van der Waals surface area contributed by atoms with E-state index in [2.05, 4.69) is 29.1 Å². The number of hydrogen-bond acceptors (Lipinski definition) is 4. The van der Waals surface area contributed by atoms with E-state index in [0.29, 0.717) is 22.7 Å². The fourth-order valence-corrected chi connectivity index (χ4v) is 2.09. The molecule has 6 nitrogen and oxygen atoms in total. The Kier molecular flexibility index (Phi) is 5.41. The van der Waals surface area contributed by atoms with Crippen molar-refractivity contribution in [2.24, 2.45) is 5.92 Å². The Morgan fingerprint density at radius 3 is 2.52 bits per heavy atom. The minimum absolute atomic E-state index is 0.117. The van der Waals surface area contributed by atoms with Crippen LogP contribution in [0.1, 0.15) is 35.6 Å². The van der Waals surface area contributed by atoms with Crippen LogP contribution in [0.3, 0.4) is 0 Å². The van der Waals surface area contributed by atoms with E-state index in [1.807, 2.05) is 0 Å². The van der Waals surface area contributed by atoms with Gasteiger partial charge in [-0.3, -0.25) is 9.59 Å². The fourth-order valence-electron chi connectivity index (χ4n) is 2.09. The molecule has 1 aromatic heterocycles. The molecule has 1 heterocycles. The lowest BCUT2D eigenvalue weighted by Gasteiger charge is -2.07. The SMILES string of the molecule is CC(C)Cc1ncc(NC(=O)c2cccc(CC(=O)O)c2)cn1. The smallest absolute Gasteiger partial charge is 0.307 e. The number of carbonyl (C=O) groups is 2. The van der Waals surface area contributed by atoms with Crippen molar-refractivity contribution >= 4 is 17.6 Å². The lowest BCUT2D eigenvalue weighted by atomic mass is 10.1. The third-order valence-corrected chi connectivity index (χ3v) is 3.10. The molecule has 0 saturated carbocycles. The molecular weight excluding hydrogens is 294 g/mol. The van der Waals surface area contributed by atoms with Crippen LogP contribution in [-0.2, 0) is 17.6 Å². The highest BCUT2D eigenvalue weighted by Gasteiger charge is 2.09. The molecule has 23 heavy (non-hydrogen) atoms. The maximum Gasteiger partial charge on any atom is 0.307 e. The highest BCUT2D eigenvalue weighted by molar-refractivity contribution is 6.04. The van der Waals surface area contributed by atoms with Gasteiger partial charge in [0, 0.05) is 12.0 Å². The molecule has 2 rings (SSSR count). The second kappa shape index (κ2) is 7.49. The van der Waals surface area contributed by atoms with Crippen molar-refractivity contribution in [3.05, 3.63) is 53.6 Å². The predicted octanol–water partition coefficient (Wildman–Crippen LogP) is 2.55. The van der Waals surface area contributed by atoms with Crippen LogP contribution in [-0.4, -0.2) is 27.0 Å². The first-order valence-corrected chi connectivity index (χ1v) is 7.37. The fraction of sp³-hybridized carbons (Fsp3) is 0.294. The number of hydrogen-bond donors (Lipinski definition) is 2. The van der Waals surface area contributed by atoms with Crippen LogP contribution in [0.25, 0.3) is 0 Å². The highest BCUT2D eigenvalue weighted by atomic mass is 16.4. The summed E-state index contributed by atoms with van der Waals surface area (Å²) in [6, 6.07) is 6.54. The van der Waals surface area contributed by atoms with Crippen LogP contribution < -0.4 is 5.32 Å². The first-order chi connectivity index (χ1) is 10.9. The summed E-state index contributed by atoms with van der Waals surface area (Å²) in [5.74, 6) is -0.0528. The van der Waals surface area contributed by atoms with Crippen LogP contribution >= 0.6 is 0 Å². The van der Waals surface area contributed by atoms with E-state index in [1.165, 1.54) is 0 Å². The second-order valence-corrected chi connectivity index (χ2v) is 5.71. The molecule has 0 bridgehead atoms. The summed E-state index contributed by atoms with van der Waals surface area (Å²) < 4.78 is 0. The van der Waals surface area contributed by atoms with Gasteiger partial charge in [-0.1, -0.05) is 26.0 Å². The topological polar surface area (TPSA) is 92.2 Å². The zero-order valence-electron chi connectivity index (χ0n) is 13.1. The minimum Gasteiger partial charge on any atom is -0.481 e. The molecule has 2 aromatic rings. The van der Waals surface area contributed by atoms with E-state index in [-0.39, 0.29) is 12.3 Å². The van der Waals surface area contributed by atoms with Gasteiger partial charge in [-0.2, -0.15) is 0 Å². The van der Waals surface area contributed by atoms with Crippen LogP contribution in [0.5, 0.6) is 0 Å². The summed E-state index contributed by atoms with van der Waals surface area (Å²) in [6.45, 7) is 4.17. The number of anilines is 1. The lowest BCUT2D eigenvalue weighted by Crippen LogP contribution is -2.13. The summed E-state index contributed by atoms with van der Waals surface area (Å²) in [4.78, 5) is 31.4. The molecule has 0 aliphatic heterocycles. The normalized spacial score (nSPS) is 10.6. The number of carbonyl (C=O) groups excluding carboxylic acids is 1. The Hall–Kier alpha value is -2.76. The molecule has 6 heteroatoms. The Balaban J connectivity index is 2.05. The third-order valence-electron chi connectivity index (χ3n) is 3.10. The number of aliphatic carboxylic acids is 1. The minimum atomic E-state index is -0.934. The number of nitrogens with zero attached hydrogens (tertiary/aromatic N) is 2. The van der Waals surface area contributed by atoms with E-state index < -0.39 is 5.97 Å². The number of carboxylic acids is 1. The van der Waals surface area contributed by atoms with E-state index in [9.17, 15) is 9.59 Å². The molecule has 0 saturated heterocycles. The Labute approximate surface area is 134 Å². The standard InChI is InChI=1S/C17H19N3O3/c1-11(2)6-15-18-9-14(10-19-15)20-17(23)13-5-3-4-12(7-13)8-16(21)22/h3-5,7,9-11H,6,8H2,1-2H3,(H,20,23)(H,21,22). The molecular formula is C17H19N3O3. The van der Waals surface area contributed by atoms with Crippen LogP contribution in [0.15, 0.2) is 36.7 Å². The molecule has 1 amide bonds. The maximum atomic E-state index is 12.2. The summed E-state index contributed by atoms with van der Waals surface area (Å²) in [7, 11) is 0. The molecule has 0 spiro atoms. The van der Waals surface area contributed by atoms with Gasteiger partial charge in [0.2, 0.25) is 0 Å². The molecule has 0 aliphatic carbocycles. The Bertz CT molecular complexity index is 696. The number of amides is 1. The van der Waals surface area contributed by atoms with Crippen molar-refractivity contribution in [3.63, 3.8) is 0 Å². The van der Waals surface area contributed by atoms with Crippen LogP contribution in [0.4, 0.5) is 5.69 Å². The molecule has 0 fully saturated rings. The molecule has 1 aromatic carbocycles. The summed E-state index contributed by atoms with van der Waals surface area (Å²) in [5.41, 5.74) is 1.48. The zero-order valence-corrected chi connectivity index (χ0v) is 13.1. The van der Waals surface area contributed by atoms with E-state index >= 15 is 0 Å². The molecule has 120 valence electrons. The quantitative estimate of drug-likeness (QED) is 0.855. The summed E-state index contributed by atoms with van der Waals surface area (Å²) >= 11 is 0. The number of nitrogens with one attached hydrogen (secondary N) is 1. The Morgan fingerprint density at radius 2 is 1.91 bits per heavy atom. The number of benzene rings is 1. The summed E-state index contributed by atoms with van der Waals surface area (Å²) in [6.07, 6.45) is 3.81. The number of aromatic nitrogens is 2. The first kappa shape index (κ1) is 16.6. The second-order valence-electron chi connectivity index (χ2n) is 5.71. The zero-order chi connectivity index (χ0) is 16.8. The van der Waals surface area contributed by atoms with Gasteiger partial charge in [-0.15, -0.1) is 0 Å². The lowest BCUT2D eigenvalue weighted by molar-refractivity contribution is -0.136. The van der Waals surface area contributed by atoms with E-state index in [1.54, 1.807) is 36.7 Å². The summed E-state index contributed by atoms with van der Waals surface area (Å²) in [5, 5.41) is 11.5. The van der Waals surface area contributed by atoms with Gasteiger partial charge in [0.05, 0.1) is 24.5 Å². The monoisotopic (exact) mass is 313 g/mol. The van der Waals surface area contributed by atoms with Crippen LogP contribution in [0.2, 0.25) is 0 Å². The van der Waals surface area contributed by atoms with E-state index in [0.717, 1.165) is 12.2 Å². The van der Waals surface area contributed by atoms with Crippen molar-refractivity contribution < 1.29 is 14.7 Å². The van der Waals surface area contributed by atoms with Crippen LogP contribution in [0, 0.1) is 5.92 Å². The van der Waals surface area contributed by atoms with Gasteiger partial charge in [-0.05, 0) is 23.6 Å². The van der Waals surface area contributed by atoms with Gasteiger partial charge in [0.1, 0.15) is 5.82 Å². The van der Waals surface area contributed by atoms with Crippen molar-refractivity contribution in [1.29, 1.82) is 0 Å². The first-order valence-electron chi connectivity index (χ1n) is 7.37. The third kappa shape index (κ3) is 5.18. The highest BCUT2D eigenvalue weighted by Crippen LogP contribution is 2.11. The van der Waals surface area contributed by atoms with Gasteiger partial charge < -0.3 is 10.4 Å². The largest absolute Gasteiger partial charge is 0.481 e. The Morgan fingerprint density at radius 1 is 1.22 bits per heavy atom. The van der Waals surface area contributed by atoms with Gasteiger partial charge >= 0.3 is 5.97 Å². The molecule has 0 atom stereocenters. The molecule has 0 unspecified atom stereocenters. The van der Waals surface area contributed by atoms with Gasteiger partial charge in [0.25, 0.3) is 5.91 Å². The molecule has 0 aliphatic rings. The van der Waals surface area contributed by atoms with Crippen molar-refractivity contribution in [2.75, 3.05) is 5.32 Å². The average Bonchev–Trinajstić information content (AvgIpc) is 2.48. The van der Waals surface area contributed by atoms with Crippen molar-refractivity contribution in [1.82, 2.24) is 9.97 Å². The number of rotatable bonds is 6. The van der Waals surface area contributed by atoms with E-state index in [4.69, 9.17) is 5.11 Å². The maximum absolute atomic E-state index is 12.2. The van der Waals surface area contributed by atoms with Crippen molar-refractivity contribution in [2.45, 2.75) is 26.7 Å². The number of carboxylic acid groups (broad SMARTS) is 1. The molecule has 2 N–H and O–H groups in total.